The Hall–Kier alpha value is -1.07. The van der Waals surface area contributed by atoms with Crippen LogP contribution in [0.25, 0.3) is 0 Å². The maximum Gasteiger partial charge on any atom is 0.178 e. The minimum atomic E-state index is -3.10. The molecule has 112 valence electrons. The molecule has 0 aliphatic heterocycles. The molecule has 2 rings (SSSR count). The Kier molecular flexibility index (Phi) is 5.43. The molecule has 0 atom stereocenters. The molecule has 1 aliphatic rings. The van der Waals surface area contributed by atoms with Crippen LogP contribution in [-0.2, 0) is 14.6 Å². The third-order valence-corrected chi connectivity index (χ3v) is 5.19. The van der Waals surface area contributed by atoms with Gasteiger partial charge in [0.05, 0.1) is 10.6 Å². The first-order valence-corrected chi connectivity index (χ1v) is 8.91. The van der Waals surface area contributed by atoms with Crippen molar-refractivity contribution in [3.63, 3.8) is 0 Å². The second kappa shape index (κ2) is 7.09. The number of benzene rings is 1. The minimum Gasteiger partial charge on any atom is -0.385 e. The van der Waals surface area contributed by atoms with Crippen molar-refractivity contribution in [2.75, 3.05) is 30.8 Å². The fourth-order valence-electron chi connectivity index (χ4n) is 1.89. The van der Waals surface area contributed by atoms with E-state index in [0.717, 1.165) is 37.8 Å². The highest BCUT2D eigenvalue weighted by Crippen LogP contribution is 2.28. The topological polar surface area (TPSA) is 55.4 Å². The normalized spacial score (nSPS) is 15.2. The van der Waals surface area contributed by atoms with E-state index in [2.05, 4.69) is 5.32 Å². The zero-order valence-corrected chi connectivity index (χ0v) is 12.8. The largest absolute Gasteiger partial charge is 0.385 e. The standard InChI is InChI=1S/C15H23NO3S/c1-2-20(17,18)15-8-6-14(7-9-15)16-10-3-11-19-12-13-4-5-13/h6-9,13,16H,2-5,10-12H2,1H3. The molecule has 0 amide bonds. The van der Waals surface area contributed by atoms with Crippen molar-refractivity contribution in [3.8, 4) is 0 Å². The van der Waals surface area contributed by atoms with Gasteiger partial charge in [0.15, 0.2) is 9.84 Å². The minimum absolute atomic E-state index is 0.137. The molecule has 0 bridgehead atoms. The van der Waals surface area contributed by atoms with Gasteiger partial charge in [-0.25, -0.2) is 8.42 Å². The highest BCUT2D eigenvalue weighted by molar-refractivity contribution is 7.91. The first-order valence-electron chi connectivity index (χ1n) is 7.26. The number of ether oxygens (including phenoxy) is 1. The van der Waals surface area contributed by atoms with Gasteiger partial charge in [-0.15, -0.1) is 0 Å². The number of hydrogen-bond acceptors (Lipinski definition) is 4. The van der Waals surface area contributed by atoms with E-state index in [1.165, 1.54) is 12.8 Å². The molecule has 0 radical (unpaired) electrons. The van der Waals surface area contributed by atoms with Crippen LogP contribution in [0.5, 0.6) is 0 Å². The van der Waals surface area contributed by atoms with Crippen LogP contribution in [0.15, 0.2) is 29.2 Å². The van der Waals surface area contributed by atoms with Gasteiger partial charge in [-0.1, -0.05) is 6.92 Å². The molecule has 1 aliphatic carbocycles. The maximum absolute atomic E-state index is 11.7. The van der Waals surface area contributed by atoms with Gasteiger partial charge in [-0.2, -0.15) is 0 Å². The number of sulfone groups is 1. The average Bonchev–Trinajstić information content (AvgIpc) is 3.27. The van der Waals surface area contributed by atoms with Gasteiger partial charge in [0, 0.05) is 25.4 Å². The Labute approximate surface area is 121 Å². The molecule has 1 aromatic carbocycles. The molecule has 0 unspecified atom stereocenters. The molecule has 1 saturated carbocycles. The highest BCUT2D eigenvalue weighted by Gasteiger charge is 2.20. The monoisotopic (exact) mass is 297 g/mol. The third kappa shape index (κ3) is 4.80. The third-order valence-electron chi connectivity index (χ3n) is 3.44. The fourth-order valence-corrected chi connectivity index (χ4v) is 2.77. The van der Waals surface area contributed by atoms with Gasteiger partial charge < -0.3 is 10.1 Å². The highest BCUT2D eigenvalue weighted by atomic mass is 32.2. The van der Waals surface area contributed by atoms with Crippen molar-refractivity contribution in [3.05, 3.63) is 24.3 Å². The summed E-state index contributed by atoms with van der Waals surface area (Å²) in [6.07, 6.45) is 3.61. The van der Waals surface area contributed by atoms with Crippen LogP contribution in [0.4, 0.5) is 5.69 Å². The zero-order chi connectivity index (χ0) is 14.4. The van der Waals surface area contributed by atoms with Crippen LogP contribution in [0.2, 0.25) is 0 Å². The smallest absolute Gasteiger partial charge is 0.178 e. The van der Waals surface area contributed by atoms with Crippen molar-refractivity contribution >= 4 is 15.5 Å². The summed E-state index contributed by atoms with van der Waals surface area (Å²) in [5.74, 6) is 0.953. The summed E-state index contributed by atoms with van der Waals surface area (Å²) < 4.78 is 28.9. The van der Waals surface area contributed by atoms with Gasteiger partial charge in [0.2, 0.25) is 0 Å². The first-order chi connectivity index (χ1) is 9.62. The van der Waals surface area contributed by atoms with Crippen molar-refractivity contribution in [2.45, 2.75) is 31.1 Å². The van der Waals surface area contributed by atoms with Gasteiger partial charge in [0.25, 0.3) is 0 Å². The van der Waals surface area contributed by atoms with Gasteiger partial charge >= 0.3 is 0 Å². The summed E-state index contributed by atoms with van der Waals surface area (Å²) >= 11 is 0. The predicted molar refractivity (Wildman–Crippen MR) is 80.8 cm³/mol. The predicted octanol–water partition coefficient (Wildman–Crippen LogP) is 2.71. The van der Waals surface area contributed by atoms with E-state index < -0.39 is 9.84 Å². The van der Waals surface area contributed by atoms with Crippen LogP contribution in [0, 0.1) is 5.92 Å². The van der Waals surface area contributed by atoms with Crippen molar-refractivity contribution in [1.29, 1.82) is 0 Å². The maximum atomic E-state index is 11.7. The van der Waals surface area contributed by atoms with E-state index in [4.69, 9.17) is 4.74 Å². The summed E-state index contributed by atoms with van der Waals surface area (Å²) in [7, 11) is -3.10. The van der Waals surface area contributed by atoms with Crippen LogP contribution in [0.3, 0.4) is 0 Å². The zero-order valence-electron chi connectivity index (χ0n) is 12.0. The lowest BCUT2D eigenvalue weighted by Crippen LogP contribution is -2.07. The lowest BCUT2D eigenvalue weighted by molar-refractivity contribution is 0.124. The van der Waals surface area contributed by atoms with Gasteiger partial charge in [-0.3, -0.25) is 0 Å². The molecular weight excluding hydrogens is 274 g/mol. The Bertz CT molecular complexity index is 506. The second-order valence-corrected chi connectivity index (χ2v) is 7.50. The van der Waals surface area contributed by atoms with Gasteiger partial charge in [-0.05, 0) is 49.4 Å². The number of anilines is 1. The summed E-state index contributed by atoms with van der Waals surface area (Å²) in [5.41, 5.74) is 0.947. The molecule has 1 fully saturated rings. The van der Waals surface area contributed by atoms with Crippen LogP contribution < -0.4 is 5.32 Å². The van der Waals surface area contributed by atoms with E-state index in [-0.39, 0.29) is 5.75 Å². The van der Waals surface area contributed by atoms with E-state index in [1.54, 1.807) is 19.1 Å². The molecule has 1 N–H and O–H groups in total. The van der Waals surface area contributed by atoms with Crippen molar-refractivity contribution < 1.29 is 13.2 Å². The molecule has 0 aromatic heterocycles. The molecule has 20 heavy (non-hydrogen) atoms. The Morgan fingerprint density at radius 3 is 2.55 bits per heavy atom. The van der Waals surface area contributed by atoms with E-state index in [0.29, 0.717) is 4.90 Å². The van der Waals surface area contributed by atoms with E-state index >= 15 is 0 Å². The summed E-state index contributed by atoms with van der Waals surface area (Å²) in [4.78, 5) is 0.387. The number of nitrogens with one attached hydrogen (secondary N) is 1. The Balaban J connectivity index is 1.67. The SMILES string of the molecule is CCS(=O)(=O)c1ccc(NCCCOCC2CC2)cc1. The van der Waals surface area contributed by atoms with Crippen molar-refractivity contribution in [2.24, 2.45) is 5.92 Å². The van der Waals surface area contributed by atoms with E-state index in [1.807, 2.05) is 12.1 Å². The van der Waals surface area contributed by atoms with Crippen LogP contribution in [-0.4, -0.2) is 33.9 Å². The molecular formula is C15H23NO3S. The van der Waals surface area contributed by atoms with Gasteiger partial charge in [0.1, 0.15) is 0 Å². The molecule has 1 aromatic rings. The molecule has 5 heteroatoms. The molecule has 4 nitrogen and oxygen atoms in total. The van der Waals surface area contributed by atoms with Crippen LogP contribution >= 0.6 is 0 Å². The molecule has 0 saturated heterocycles. The lowest BCUT2D eigenvalue weighted by atomic mass is 10.3. The summed E-state index contributed by atoms with van der Waals surface area (Å²) in [6, 6.07) is 6.94. The second-order valence-electron chi connectivity index (χ2n) is 5.23. The first kappa shape index (κ1) is 15.3. The Morgan fingerprint density at radius 1 is 1.25 bits per heavy atom. The summed E-state index contributed by atoms with van der Waals surface area (Å²) in [6.45, 7) is 4.18. The lowest BCUT2D eigenvalue weighted by Gasteiger charge is -2.08. The summed E-state index contributed by atoms with van der Waals surface area (Å²) in [5, 5.41) is 3.27. The quantitative estimate of drug-likeness (QED) is 0.712. The fraction of sp³-hybridized carbons (Fsp3) is 0.600. The van der Waals surface area contributed by atoms with Crippen LogP contribution in [0.1, 0.15) is 26.2 Å². The molecule has 0 heterocycles. The Morgan fingerprint density at radius 2 is 1.95 bits per heavy atom. The average molecular weight is 297 g/mol. The number of hydrogen-bond donors (Lipinski definition) is 1. The van der Waals surface area contributed by atoms with E-state index in [9.17, 15) is 8.42 Å². The number of rotatable bonds is 9. The van der Waals surface area contributed by atoms with Crippen molar-refractivity contribution in [1.82, 2.24) is 0 Å². The molecule has 0 spiro atoms.